The quantitative estimate of drug-likeness (QED) is 0.560. The lowest BCUT2D eigenvalue weighted by atomic mass is 10.1. The Morgan fingerprint density at radius 1 is 1.19 bits per heavy atom. The summed E-state index contributed by atoms with van der Waals surface area (Å²) in [6.07, 6.45) is -2.87. The van der Waals surface area contributed by atoms with Crippen molar-refractivity contribution in [3.63, 3.8) is 0 Å². The lowest BCUT2D eigenvalue weighted by Gasteiger charge is -2.10. The van der Waals surface area contributed by atoms with Crippen molar-refractivity contribution in [2.45, 2.75) is 6.18 Å². The van der Waals surface area contributed by atoms with Crippen LogP contribution in [-0.4, -0.2) is 19.2 Å². The van der Waals surface area contributed by atoms with E-state index >= 15 is 0 Å². The Labute approximate surface area is 157 Å². The highest BCUT2D eigenvalue weighted by Gasteiger charge is 2.30. The van der Waals surface area contributed by atoms with Crippen molar-refractivity contribution < 1.29 is 22.6 Å². The molecule has 0 aliphatic carbocycles. The van der Waals surface area contributed by atoms with Gasteiger partial charge in [-0.2, -0.15) is 18.4 Å². The molecule has 0 atom stereocenters. The molecule has 1 heterocycles. The molecule has 8 heteroatoms. The molecule has 0 aliphatic rings. The summed E-state index contributed by atoms with van der Waals surface area (Å²) in [5.74, 6) is 0.955. The number of methoxy groups -OCH3 is 2. The zero-order valence-corrected chi connectivity index (χ0v) is 15.1. The van der Waals surface area contributed by atoms with E-state index in [4.69, 9.17) is 9.47 Å². The van der Waals surface area contributed by atoms with Gasteiger partial charge in [0.15, 0.2) is 11.5 Å². The van der Waals surface area contributed by atoms with E-state index < -0.39 is 11.7 Å². The maximum absolute atomic E-state index is 12.9. The second-order valence-corrected chi connectivity index (χ2v) is 6.48. The molecule has 2 aromatic carbocycles. The first-order valence-corrected chi connectivity index (χ1v) is 8.50. The van der Waals surface area contributed by atoms with Gasteiger partial charge in [-0.25, -0.2) is 4.98 Å². The van der Waals surface area contributed by atoms with Crippen molar-refractivity contribution in [3.8, 4) is 17.6 Å². The predicted octanol–water partition coefficient (Wildman–Crippen LogP) is 5.40. The third-order valence-electron chi connectivity index (χ3n) is 3.80. The normalized spacial score (nSPS) is 12.1. The standard InChI is InChI=1S/C19H13F3N2O2S/c1-25-15-5-3-4-11(17(15)26-2)8-12(10-23)18-24-14-9-13(19(20,21)22)6-7-16(14)27-18/h3-9H,1-2H3/b12-8+. The largest absolute Gasteiger partial charge is 0.493 e. The van der Waals surface area contributed by atoms with E-state index in [1.165, 1.54) is 20.3 Å². The second kappa shape index (κ2) is 7.29. The number of fused-ring (bicyclic) bond motifs is 1. The van der Waals surface area contributed by atoms with E-state index in [0.717, 1.165) is 23.5 Å². The van der Waals surface area contributed by atoms with Crippen LogP contribution in [0.5, 0.6) is 11.5 Å². The molecule has 0 radical (unpaired) electrons. The molecule has 0 aliphatic heterocycles. The van der Waals surface area contributed by atoms with Gasteiger partial charge in [0.2, 0.25) is 0 Å². The minimum absolute atomic E-state index is 0.198. The van der Waals surface area contributed by atoms with Gasteiger partial charge in [-0.05, 0) is 30.3 Å². The number of benzene rings is 2. The van der Waals surface area contributed by atoms with E-state index in [9.17, 15) is 18.4 Å². The van der Waals surface area contributed by atoms with Gasteiger partial charge in [0.1, 0.15) is 11.1 Å². The van der Waals surface area contributed by atoms with Gasteiger partial charge < -0.3 is 9.47 Å². The Morgan fingerprint density at radius 3 is 2.59 bits per heavy atom. The summed E-state index contributed by atoms with van der Waals surface area (Å²) in [5, 5.41) is 9.87. The van der Waals surface area contributed by atoms with E-state index in [0.29, 0.717) is 26.8 Å². The number of aromatic nitrogens is 1. The fourth-order valence-corrected chi connectivity index (χ4v) is 3.45. The smallest absolute Gasteiger partial charge is 0.416 e. The van der Waals surface area contributed by atoms with Crippen LogP contribution in [0.1, 0.15) is 16.1 Å². The molecule has 3 rings (SSSR count). The number of ether oxygens (including phenoxy) is 2. The number of hydrogen-bond acceptors (Lipinski definition) is 5. The zero-order valence-electron chi connectivity index (χ0n) is 14.3. The van der Waals surface area contributed by atoms with Crippen molar-refractivity contribution >= 4 is 33.2 Å². The third kappa shape index (κ3) is 3.73. The minimum atomic E-state index is -4.44. The van der Waals surface area contributed by atoms with E-state index in [1.807, 2.05) is 0 Å². The topological polar surface area (TPSA) is 55.1 Å². The van der Waals surface area contributed by atoms with Gasteiger partial charge >= 0.3 is 6.18 Å². The number of nitrogens with zero attached hydrogens (tertiary/aromatic N) is 2. The molecule has 0 spiro atoms. The molecule has 0 N–H and O–H groups in total. The molecule has 0 unspecified atom stereocenters. The van der Waals surface area contributed by atoms with E-state index in [-0.39, 0.29) is 11.1 Å². The molecule has 1 aromatic heterocycles. The molecule has 0 fully saturated rings. The van der Waals surface area contributed by atoms with Crippen molar-refractivity contribution in [1.82, 2.24) is 4.98 Å². The highest BCUT2D eigenvalue weighted by molar-refractivity contribution is 7.19. The summed E-state index contributed by atoms with van der Waals surface area (Å²) < 4.78 is 49.8. The summed E-state index contributed by atoms with van der Waals surface area (Å²) in [4.78, 5) is 4.21. The van der Waals surface area contributed by atoms with Crippen LogP contribution in [0.2, 0.25) is 0 Å². The van der Waals surface area contributed by atoms with Gasteiger partial charge in [-0.15, -0.1) is 11.3 Å². The molecular formula is C19H13F3N2O2S. The fourth-order valence-electron chi connectivity index (χ4n) is 2.54. The van der Waals surface area contributed by atoms with Gasteiger partial charge in [-0.3, -0.25) is 0 Å². The molecule has 3 aromatic rings. The average Bonchev–Trinajstić information content (AvgIpc) is 3.07. The van der Waals surface area contributed by atoms with Gasteiger partial charge in [0.25, 0.3) is 0 Å². The Hall–Kier alpha value is -3.05. The highest BCUT2D eigenvalue weighted by Crippen LogP contribution is 2.36. The zero-order chi connectivity index (χ0) is 19.6. The van der Waals surface area contributed by atoms with Crippen molar-refractivity contribution in [1.29, 1.82) is 5.26 Å². The predicted molar refractivity (Wildman–Crippen MR) is 97.7 cm³/mol. The number of thiazole rings is 1. The van der Waals surface area contributed by atoms with Gasteiger partial charge in [-0.1, -0.05) is 12.1 Å². The van der Waals surface area contributed by atoms with Crippen LogP contribution < -0.4 is 9.47 Å². The van der Waals surface area contributed by atoms with Crippen LogP contribution in [0.15, 0.2) is 36.4 Å². The Bertz CT molecular complexity index is 1060. The monoisotopic (exact) mass is 390 g/mol. The van der Waals surface area contributed by atoms with Crippen molar-refractivity contribution in [3.05, 3.63) is 52.5 Å². The maximum Gasteiger partial charge on any atom is 0.416 e. The molecule has 27 heavy (non-hydrogen) atoms. The van der Waals surface area contributed by atoms with Crippen LogP contribution in [0, 0.1) is 11.3 Å². The molecular weight excluding hydrogens is 377 g/mol. The van der Waals surface area contributed by atoms with Crippen LogP contribution in [0.25, 0.3) is 21.9 Å². The van der Waals surface area contributed by atoms with Crippen LogP contribution in [-0.2, 0) is 6.18 Å². The molecule has 138 valence electrons. The molecule has 0 bridgehead atoms. The van der Waals surface area contributed by atoms with Crippen LogP contribution in [0.4, 0.5) is 13.2 Å². The second-order valence-electron chi connectivity index (χ2n) is 5.45. The van der Waals surface area contributed by atoms with Crippen LogP contribution >= 0.6 is 11.3 Å². The lowest BCUT2D eigenvalue weighted by molar-refractivity contribution is -0.137. The number of halogens is 3. The number of para-hydroxylation sites is 1. The number of hydrogen-bond donors (Lipinski definition) is 0. The lowest BCUT2D eigenvalue weighted by Crippen LogP contribution is -2.03. The number of nitriles is 1. The first-order valence-electron chi connectivity index (χ1n) is 7.68. The highest BCUT2D eigenvalue weighted by atomic mass is 32.1. The van der Waals surface area contributed by atoms with E-state index in [1.54, 1.807) is 24.3 Å². The third-order valence-corrected chi connectivity index (χ3v) is 4.87. The molecule has 4 nitrogen and oxygen atoms in total. The Balaban J connectivity index is 2.09. The first kappa shape index (κ1) is 18.7. The summed E-state index contributed by atoms with van der Waals surface area (Å²) in [6, 6.07) is 10.6. The Morgan fingerprint density at radius 2 is 1.96 bits per heavy atom. The molecule has 0 saturated carbocycles. The van der Waals surface area contributed by atoms with Crippen molar-refractivity contribution in [2.24, 2.45) is 0 Å². The molecule has 0 saturated heterocycles. The van der Waals surface area contributed by atoms with Crippen molar-refractivity contribution in [2.75, 3.05) is 14.2 Å². The average molecular weight is 390 g/mol. The summed E-state index contributed by atoms with van der Waals surface area (Å²) in [6.45, 7) is 0. The number of allylic oxidation sites excluding steroid dienone is 1. The Kier molecular flexibility index (Phi) is 5.06. The summed E-state index contributed by atoms with van der Waals surface area (Å²) in [7, 11) is 2.99. The maximum atomic E-state index is 12.9. The fraction of sp³-hybridized carbons (Fsp3) is 0.158. The molecule has 0 amide bonds. The summed E-state index contributed by atoms with van der Waals surface area (Å²) >= 11 is 1.15. The minimum Gasteiger partial charge on any atom is -0.493 e. The number of rotatable bonds is 4. The first-order chi connectivity index (χ1) is 12.9. The van der Waals surface area contributed by atoms with Crippen LogP contribution in [0.3, 0.4) is 0 Å². The van der Waals surface area contributed by atoms with Gasteiger partial charge in [0.05, 0.1) is 35.6 Å². The SMILES string of the molecule is COc1cccc(/C=C(\C#N)c2nc3cc(C(F)(F)F)ccc3s2)c1OC. The summed E-state index contributed by atoms with van der Waals surface area (Å²) in [5.41, 5.74) is 0.243. The number of alkyl halides is 3. The van der Waals surface area contributed by atoms with E-state index in [2.05, 4.69) is 11.1 Å². The van der Waals surface area contributed by atoms with Gasteiger partial charge in [0, 0.05) is 5.56 Å².